The number of benzene rings is 2. The highest BCUT2D eigenvalue weighted by Gasteiger charge is 2.24. The Morgan fingerprint density at radius 3 is 2.30 bits per heavy atom. The number of thiazole rings is 1. The fraction of sp³-hybridized carbons (Fsp3) is 0.0952. The Morgan fingerprint density at radius 2 is 1.64 bits per heavy atom. The van der Waals surface area contributed by atoms with Gasteiger partial charge in [0.05, 0.1) is 11.9 Å². The van der Waals surface area contributed by atoms with E-state index in [2.05, 4.69) is 15.5 Å². The van der Waals surface area contributed by atoms with Crippen molar-refractivity contribution in [2.75, 3.05) is 11.9 Å². The predicted molar refractivity (Wildman–Crippen MR) is 116 cm³/mol. The maximum atomic E-state index is 13.7. The lowest BCUT2D eigenvalue weighted by Crippen LogP contribution is -2.41. The largest absolute Gasteiger partial charge is 0.330 e. The number of hydrazone groups is 1. The van der Waals surface area contributed by atoms with Crippen LogP contribution >= 0.6 is 11.3 Å². The number of hydrogen-bond acceptors (Lipinski definition) is 6. The number of aryl methyl sites for hydroxylation is 1. The monoisotopic (exact) mass is 475 g/mol. The number of hydrogen-bond donors (Lipinski definition) is 2. The van der Waals surface area contributed by atoms with E-state index < -0.39 is 40.9 Å². The molecule has 33 heavy (non-hydrogen) atoms. The molecule has 12 heteroatoms. The maximum absolute atomic E-state index is 13.7. The minimum absolute atomic E-state index is 0.0371. The Labute approximate surface area is 189 Å². The van der Waals surface area contributed by atoms with Gasteiger partial charge in [0.1, 0.15) is 27.9 Å². The van der Waals surface area contributed by atoms with Crippen molar-refractivity contribution in [1.82, 2.24) is 15.7 Å². The van der Waals surface area contributed by atoms with E-state index in [1.165, 1.54) is 32.2 Å². The molecule has 0 saturated carbocycles. The molecule has 0 radical (unpaired) electrons. The van der Waals surface area contributed by atoms with E-state index in [4.69, 9.17) is 0 Å². The van der Waals surface area contributed by atoms with Crippen molar-refractivity contribution in [2.45, 2.75) is 6.92 Å². The number of urea groups is 1. The first-order valence-corrected chi connectivity index (χ1v) is 10.1. The van der Waals surface area contributed by atoms with Gasteiger partial charge < -0.3 is 0 Å². The average Bonchev–Trinajstić information content (AvgIpc) is 3.16. The molecule has 2 N–H and O–H groups in total. The lowest BCUT2D eigenvalue weighted by atomic mass is 10.2. The van der Waals surface area contributed by atoms with Gasteiger partial charge in [-0.05, 0) is 25.1 Å². The molecule has 0 aliphatic carbocycles. The van der Waals surface area contributed by atoms with Crippen LogP contribution in [-0.4, -0.2) is 36.1 Å². The lowest BCUT2D eigenvalue weighted by Gasteiger charge is -2.14. The van der Waals surface area contributed by atoms with Gasteiger partial charge in [0.25, 0.3) is 11.8 Å². The molecule has 3 rings (SSSR count). The normalized spacial score (nSPS) is 10.8. The third kappa shape index (κ3) is 5.41. The lowest BCUT2D eigenvalue weighted by molar-refractivity contribution is 0.0948. The summed E-state index contributed by atoms with van der Waals surface area (Å²) in [6, 6.07) is 7.68. The van der Waals surface area contributed by atoms with Crippen LogP contribution in [0.15, 0.2) is 47.6 Å². The van der Waals surface area contributed by atoms with Gasteiger partial charge in [0.2, 0.25) is 0 Å². The van der Waals surface area contributed by atoms with Gasteiger partial charge in [-0.15, -0.1) is 0 Å². The van der Waals surface area contributed by atoms with Gasteiger partial charge in [-0.25, -0.2) is 28.4 Å². The van der Waals surface area contributed by atoms with Crippen molar-refractivity contribution in [3.8, 4) is 0 Å². The fourth-order valence-electron chi connectivity index (χ4n) is 2.57. The number of carbonyl (C=O) groups is 3. The van der Waals surface area contributed by atoms with Crippen molar-refractivity contribution in [1.29, 1.82) is 0 Å². The molecule has 1 aromatic heterocycles. The van der Waals surface area contributed by atoms with E-state index in [1.54, 1.807) is 6.07 Å². The zero-order valence-electron chi connectivity index (χ0n) is 17.2. The van der Waals surface area contributed by atoms with Crippen molar-refractivity contribution in [3.63, 3.8) is 0 Å². The summed E-state index contributed by atoms with van der Waals surface area (Å²) in [5.41, 5.74) is 1.78. The van der Waals surface area contributed by atoms with E-state index in [0.29, 0.717) is 0 Å². The minimum atomic E-state index is -1.27. The molecule has 0 aliphatic heterocycles. The third-order valence-corrected chi connectivity index (χ3v) is 5.50. The summed E-state index contributed by atoms with van der Waals surface area (Å²) in [6.45, 7) is 1.51. The number of amides is 4. The van der Waals surface area contributed by atoms with Crippen molar-refractivity contribution in [3.05, 3.63) is 81.6 Å². The Balaban J connectivity index is 1.68. The van der Waals surface area contributed by atoms with Crippen LogP contribution in [0.3, 0.4) is 0 Å². The predicted octanol–water partition coefficient (Wildman–Crippen LogP) is 3.62. The minimum Gasteiger partial charge on any atom is -0.273 e. The summed E-state index contributed by atoms with van der Waals surface area (Å²) in [5.74, 6) is -4.67. The maximum Gasteiger partial charge on any atom is 0.330 e. The Hall–Kier alpha value is -4.06. The molecule has 0 unspecified atom stereocenters. The number of nitrogens with one attached hydrogen (secondary N) is 2. The first-order valence-electron chi connectivity index (χ1n) is 9.27. The Kier molecular flexibility index (Phi) is 7.18. The molecule has 0 spiro atoms. The van der Waals surface area contributed by atoms with E-state index in [-0.39, 0.29) is 21.3 Å². The van der Waals surface area contributed by atoms with Gasteiger partial charge in [0.15, 0.2) is 5.13 Å². The molecule has 0 bridgehead atoms. The average molecular weight is 475 g/mol. The summed E-state index contributed by atoms with van der Waals surface area (Å²) in [6.07, 6.45) is 1.14. The summed E-state index contributed by atoms with van der Waals surface area (Å²) < 4.78 is 41.1. The van der Waals surface area contributed by atoms with Gasteiger partial charge in [0, 0.05) is 12.6 Å². The number of halogens is 3. The zero-order chi connectivity index (χ0) is 24.1. The van der Waals surface area contributed by atoms with E-state index >= 15 is 0 Å². The molecule has 0 saturated heterocycles. The summed E-state index contributed by atoms with van der Waals surface area (Å²) in [5, 5.41) is 5.61. The SMILES string of the molecule is Cc1nc(N(C)C(=O)NC(=O)c2c(F)cccc2F)sc1C(=O)N/N=C/c1ccccc1F. The van der Waals surface area contributed by atoms with Crippen LogP contribution in [0.4, 0.5) is 23.1 Å². The molecule has 3 aromatic rings. The molecule has 0 atom stereocenters. The molecular weight excluding hydrogens is 459 g/mol. The first-order chi connectivity index (χ1) is 15.7. The highest BCUT2D eigenvalue weighted by molar-refractivity contribution is 7.17. The van der Waals surface area contributed by atoms with E-state index in [9.17, 15) is 27.6 Å². The highest BCUT2D eigenvalue weighted by Crippen LogP contribution is 2.25. The number of aromatic nitrogens is 1. The second-order valence-corrected chi connectivity index (χ2v) is 7.52. The summed E-state index contributed by atoms with van der Waals surface area (Å²) in [7, 11) is 1.26. The molecule has 8 nitrogen and oxygen atoms in total. The zero-order valence-corrected chi connectivity index (χ0v) is 18.0. The summed E-state index contributed by atoms with van der Waals surface area (Å²) >= 11 is 0.817. The standard InChI is InChI=1S/C21H16F3N5O3S/c1-11-17(19(31)28-25-10-12-6-3-4-7-13(12)22)33-21(26-11)29(2)20(32)27-18(30)16-14(23)8-5-9-15(16)24/h3-10H,1-2H3,(H,28,31)(H,27,30,32)/b25-10+. The second kappa shape index (κ2) is 10.0. The molecular formula is C21H16F3N5O3S. The van der Waals surface area contributed by atoms with E-state index in [0.717, 1.165) is 40.7 Å². The van der Waals surface area contributed by atoms with Crippen LogP contribution in [0.1, 0.15) is 31.3 Å². The number of anilines is 1. The van der Waals surface area contributed by atoms with Crippen molar-refractivity contribution in [2.24, 2.45) is 5.10 Å². The topological polar surface area (TPSA) is 104 Å². The molecule has 0 aliphatic rings. The van der Waals surface area contributed by atoms with Crippen LogP contribution in [0.25, 0.3) is 0 Å². The van der Waals surface area contributed by atoms with Crippen LogP contribution < -0.4 is 15.6 Å². The number of carbonyl (C=O) groups excluding carboxylic acids is 3. The Morgan fingerprint density at radius 1 is 1.00 bits per heavy atom. The third-order valence-electron chi connectivity index (χ3n) is 4.27. The molecule has 4 amide bonds. The first kappa shape index (κ1) is 23.6. The highest BCUT2D eigenvalue weighted by atomic mass is 32.1. The van der Waals surface area contributed by atoms with Crippen molar-refractivity contribution >= 4 is 40.5 Å². The molecule has 170 valence electrons. The Bertz CT molecular complexity index is 1240. The quantitative estimate of drug-likeness (QED) is 0.435. The molecule has 2 aromatic carbocycles. The summed E-state index contributed by atoms with van der Waals surface area (Å²) in [4.78, 5) is 42.0. The van der Waals surface area contributed by atoms with Crippen molar-refractivity contribution < 1.29 is 27.6 Å². The van der Waals surface area contributed by atoms with Gasteiger partial charge in [-0.2, -0.15) is 5.10 Å². The number of imide groups is 1. The molecule has 1 heterocycles. The van der Waals surface area contributed by atoms with Gasteiger partial charge >= 0.3 is 6.03 Å². The number of nitrogens with zero attached hydrogens (tertiary/aromatic N) is 3. The van der Waals surface area contributed by atoms with E-state index in [1.807, 2.05) is 5.32 Å². The van der Waals surface area contributed by atoms with Crippen LogP contribution in [0.5, 0.6) is 0 Å². The fourth-order valence-corrected chi connectivity index (χ4v) is 3.49. The van der Waals surface area contributed by atoms with Crippen LogP contribution in [0, 0.1) is 24.4 Å². The van der Waals surface area contributed by atoms with Gasteiger partial charge in [-0.1, -0.05) is 35.6 Å². The number of rotatable bonds is 5. The van der Waals surface area contributed by atoms with Crippen LogP contribution in [0.2, 0.25) is 0 Å². The smallest absolute Gasteiger partial charge is 0.273 e. The second-order valence-electron chi connectivity index (χ2n) is 6.55. The van der Waals surface area contributed by atoms with Gasteiger partial charge in [-0.3, -0.25) is 19.8 Å². The molecule has 0 fully saturated rings. The van der Waals surface area contributed by atoms with Crippen LogP contribution in [-0.2, 0) is 0 Å².